The molecular weight excluding hydrogens is 339 g/mol. The number of non-ortho nitro benzene ring substituents is 1. The van der Waals surface area contributed by atoms with E-state index in [0.717, 1.165) is 11.1 Å². The predicted molar refractivity (Wildman–Crippen MR) is 82.7 cm³/mol. The van der Waals surface area contributed by atoms with Gasteiger partial charge >= 0.3 is 0 Å². The third-order valence-corrected chi connectivity index (χ3v) is 3.96. The number of benzene rings is 2. The smallest absolute Gasteiger partial charge is 0.269 e. The lowest BCUT2D eigenvalue weighted by Crippen LogP contribution is -2.19. The Balaban J connectivity index is 2.20. The van der Waals surface area contributed by atoms with Crippen molar-refractivity contribution in [2.45, 2.75) is 12.5 Å². The van der Waals surface area contributed by atoms with Gasteiger partial charge < -0.3 is 5.32 Å². The van der Waals surface area contributed by atoms with Gasteiger partial charge in [-0.2, -0.15) is 0 Å². The summed E-state index contributed by atoms with van der Waals surface area (Å²) >= 11 is 3.36. The molecule has 0 fully saturated rings. The fraction of sp³-hybridized carbons (Fsp3) is 0.200. The lowest BCUT2D eigenvalue weighted by atomic mass is 9.99. The first-order chi connectivity index (χ1) is 10.0. The zero-order valence-electron chi connectivity index (χ0n) is 11.3. The molecule has 1 atom stereocenters. The molecule has 2 rings (SSSR count). The van der Waals surface area contributed by atoms with E-state index in [1.165, 1.54) is 24.3 Å². The third kappa shape index (κ3) is 3.86. The number of nitro groups is 1. The zero-order valence-corrected chi connectivity index (χ0v) is 12.9. The second-order valence-corrected chi connectivity index (χ2v) is 5.49. The van der Waals surface area contributed by atoms with Crippen molar-refractivity contribution >= 4 is 21.6 Å². The molecule has 110 valence electrons. The highest BCUT2D eigenvalue weighted by molar-refractivity contribution is 9.10. The molecule has 1 N–H and O–H groups in total. The molecule has 0 aliphatic rings. The van der Waals surface area contributed by atoms with Crippen LogP contribution in [0.4, 0.5) is 10.1 Å². The summed E-state index contributed by atoms with van der Waals surface area (Å²) in [4.78, 5) is 10.2. The molecule has 0 amide bonds. The molecular formula is C15H14BrFN2O2. The van der Waals surface area contributed by atoms with Crippen molar-refractivity contribution in [3.63, 3.8) is 0 Å². The highest BCUT2D eigenvalue weighted by Crippen LogP contribution is 2.27. The molecule has 0 spiro atoms. The van der Waals surface area contributed by atoms with Crippen LogP contribution in [0.2, 0.25) is 0 Å². The molecule has 6 heteroatoms. The van der Waals surface area contributed by atoms with E-state index in [4.69, 9.17) is 0 Å². The van der Waals surface area contributed by atoms with Gasteiger partial charge in [0, 0.05) is 22.6 Å². The van der Waals surface area contributed by atoms with Gasteiger partial charge in [-0.3, -0.25) is 10.1 Å². The van der Waals surface area contributed by atoms with Crippen molar-refractivity contribution in [3.05, 3.63) is 74.0 Å². The Bertz CT molecular complexity index is 647. The van der Waals surface area contributed by atoms with Crippen LogP contribution in [0.15, 0.2) is 46.9 Å². The van der Waals surface area contributed by atoms with E-state index in [1.54, 1.807) is 18.2 Å². The molecule has 4 nitrogen and oxygen atoms in total. The van der Waals surface area contributed by atoms with Crippen LogP contribution in [0.3, 0.4) is 0 Å². The molecule has 2 aromatic rings. The molecule has 0 aromatic heterocycles. The number of hydrogen-bond donors (Lipinski definition) is 1. The van der Waals surface area contributed by atoms with E-state index in [2.05, 4.69) is 21.2 Å². The number of likely N-dealkylation sites (N-methyl/N-ethyl adjacent to an activating group) is 1. The Hall–Kier alpha value is -1.79. The number of nitrogens with zero attached hydrogens (tertiary/aromatic N) is 1. The van der Waals surface area contributed by atoms with Gasteiger partial charge in [-0.1, -0.05) is 34.1 Å². The van der Waals surface area contributed by atoms with Crippen molar-refractivity contribution in [1.82, 2.24) is 5.32 Å². The Morgan fingerprint density at radius 2 is 1.95 bits per heavy atom. The normalized spacial score (nSPS) is 12.1. The number of rotatable bonds is 5. The maximum Gasteiger partial charge on any atom is 0.269 e. The first-order valence-electron chi connectivity index (χ1n) is 6.37. The van der Waals surface area contributed by atoms with Crippen LogP contribution >= 0.6 is 15.9 Å². The minimum atomic E-state index is -0.421. The fourth-order valence-electron chi connectivity index (χ4n) is 2.14. The largest absolute Gasteiger partial charge is 0.313 e. The van der Waals surface area contributed by atoms with Gasteiger partial charge in [0.2, 0.25) is 0 Å². The van der Waals surface area contributed by atoms with Crippen LogP contribution < -0.4 is 5.32 Å². The van der Waals surface area contributed by atoms with Crippen molar-refractivity contribution < 1.29 is 9.31 Å². The van der Waals surface area contributed by atoms with Crippen LogP contribution in [0.1, 0.15) is 17.2 Å². The maximum atomic E-state index is 13.1. The number of hydrogen-bond acceptors (Lipinski definition) is 3. The molecule has 0 aliphatic heterocycles. The molecule has 0 heterocycles. The molecule has 0 bridgehead atoms. The van der Waals surface area contributed by atoms with Gasteiger partial charge in [-0.15, -0.1) is 0 Å². The molecule has 0 aliphatic carbocycles. The molecule has 0 radical (unpaired) electrons. The average molecular weight is 353 g/mol. The van der Waals surface area contributed by atoms with Crippen molar-refractivity contribution in [3.8, 4) is 0 Å². The van der Waals surface area contributed by atoms with Crippen LogP contribution in [0.25, 0.3) is 0 Å². The van der Waals surface area contributed by atoms with E-state index in [1.807, 2.05) is 7.05 Å². The first-order valence-corrected chi connectivity index (χ1v) is 7.16. The first kappa shape index (κ1) is 15.6. The quantitative estimate of drug-likeness (QED) is 0.653. The van der Waals surface area contributed by atoms with Gasteiger partial charge in [0.25, 0.3) is 5.69 Å². The van der Waals surface area contributed by atoms with Gasteiger partial charge in [0.15, 0.2) is 0 Å². The summed E-state index contributed by atoms with van der Waals surface area (Å²) in [6.07, 6.45) is 0.652. The van der Waals surface area contributed by atoms with Crippen LogP contribution in [0, 0.1) is 15.9 Å². The number of nitro benzene ring substituents is 1. The summed E-state index contributed by atoms with van der Waals surface area (Å²) in [6.45, 7) is 0. The highest BCUT2D eigenvalue weighted by Gasteiger charge is 2.14. The highest BCUT2D eigenvalue weighted by atomic mass is 79.9. The number of nitrogens with one attached hydrogen (secondary N) is 1. The SMILES string of the molecule is CNC(Cc1ccc([N+](=O)[O-])cc1)c1ccc(F)cc1Br. The Morgan fingerprint density at radius 1 is 1.29 bits per heavy atom. The van der Waals surface area contributed by atoms with Gasteiger partial charge in [0.05, 0.1) is 4.92 Å². The fourth-order valence-corrected chi connectivity index (χ4v) is 2.77. The predicted octanol–water partition coefficient (Wildman–Crippen LogP) is 4.00. The summed E-state index contributed by atoms with van der Waals surface area (Å²) in [5.74, 6) is -0.296. The van der Waals surface area contributed by atoms with E-state index in [-0.39, 0.29) is 17.5 Å². The van der Waals surface area contributed by atoms with Crippen molar-refractivity contribution in [1.29, 1.82) is 0 Å². The van der Waals surface area contributed by atoms with E-state index < -0.39 is 4.92 Å². The van der Waals surface area contributed by atoms with Crippen molar-refractivity contribution in [2.24, 2.45) is 0 Å². The van der Waals surface area contributed by atoms with Gasteiger partial charge in [-0.05, 0) is 36.7 Å². The lowest BCUT2D eigenvalue weighted by Gasteiger charge is -2.18. The van der Waals surface area contributed by atoms with E-state index in [9.17, 15) is 14.5 Å². The van der Waals surface area contributed by atoms with Crippen LogP contribution in [-0.4, -0.2) is 12.0 Å². The summed E-state index contributed by atoms with van der Waals surface area (Å²) in [6, 6.07) is 11.0. The van der Waals surface area contributed by atoms with Crippen LogP contribution in [0.5, 0.6) is 0 Å². The summed E-state index contributed by atoms with van der Waals surface area (Å²) in [5.41, 5.74) is 1.98. The molecule has 21 heavy (non-hydrogen) atoms. The lowest BCUT2D eigenvalue weighted by molar-refractivity contribution is -0.384. The minimum Gasteiger partial charge on any atom is -0.313 e. The molecule has 1 unspecified atom stereocenters. The Labute approximate surface area is 130 Å². The standard InChI is InChI=1S/C15H14BrFN2O2/c1-18-15(13-7-4-11(17)9-14(13)16)8-10-2-5-12(6-3-10)19(20)21/h2-7,9,15,18H,8H2,1H3. The maximum absolute atomic E-state index is 13.1. The second-order valence-electron chi connectivity index (χ2n) is 4.63. The van der Waals surface area contributed by atoms with Crippen LogP contribution in [-0.2, 0) is 6.42 Å². The third-order valence-electron chi connectivity index (χ3n) is 3.27. The van der Waals surface area contributed by atoms with E-state index in [0.29, 0.717) is 10.9 Å². The Kier molecular flexibility index (Phi) is 5.03. The molecule has 0 saturated carbocycles. The second kappa shape index (κ2) is 6.78. The van der Waals surface area contributed by atoms with Crippen molar-refractivity contribution in [2.75, 3.05) is 7.05 Å². The summed E-state index contributed by atoms with van der Waals surface area (Å²) in [5, 5.41) is 13.8. The topological polar surface area (TPSA) is 55.2 Å². The molecule has 0 saturated heterocycles. The minimum absolute atomic E-state index is 0.0126. The van der Waals surface area contributed by atoms with E-state index >= 15 is 0 Å². The zero-order chi connectivity index (χ0) is 15.4. The van der Waals surface area contributed by atoms with Gasteiger partial charge in [-0.25, -0.2) is 4.39 Å². The Morgan fingerprint density at radius 3 is 2.48 bits per heavy atom. The molecule has 2 aromatic carbocycles. The number of halogens is 2. The summed E-state index contributed by atoms with van der Waals surface area (Å²) < 4.78 is 13.8. The van der Waals surface area contributed by atoms with Gasteiger partial charge in [0.1, 0.15) is 5.82 Å². The monoisotopic (exact) mass is 352 g/mol. The average Bonchev–Trinajstić information content (AvgIpc) is 2.46. The summed E-state index contributed by atoms with van der Waals surface area (Å²) in [7, 11) is 1.83.